The minimum atomic E-state index is -1.18. The Bertz CT molecular complexity index is 3950. The molecule has 17 nitrogen and oxygen atoms in total. The Balaban J connectivity index is 0.000000161. The molecule has 2 saturated heterocycles. The first-order chi connectivity index (χ1) is 47.0. The fourth-order valence-electron chi connectivity index (χ4n) is 17.6. The van der Waals surface area contributed by atoms with Gasteiger partial charge in [-0.3, -0.25) is 32.9 Å². The third-order valence-corrected chi connectivity index (χ3v) is 23.4. The molecule has 4 bridgehead atoms. The van der Waals surface area contributed by atoms with Crippen molar-refractivity contribution in [2.45, 2.75) is 170 Å². The number of allylic oxidation sites excluding steroid dienone is 3. The molecule has 2 spiro atoms. The van der Waals surface area contributed by atoms with Gasteiger partial charge in [-0.05, 0) is 104 Å². The van der Waals surface area contributed by atoms with Crippen molar-refractivity contribution >= 4 is 72.5 Å². The van der Waals surface area contributed by atoms with Crippen LogP contribution in [-0.4, -0.2) is 163 Å². The SMILES string of the molecule is CC.CCOC(C)OCCC/C(=C\[N@@+]1(C)CC[C@@]23c4c5ccc(OC)c4O[C@@H]2C(=O)CC[C@]3(O)[C@@H]1C5)C(=O)c1ccc(P)cc1.COc1ccc2c3c1O[C@@H]1C(=O)CC[C@]4(O)[C@H](C2)[N@@+](C)(/C=C(\CCCO)C(=O)c2ccc(P)cc2)CC[C@@]314.O=C(C1=COCCC1)c1ccc(P)cc1. The molecular weight excluding hydrogens is 1300 g/mol. The van der Waals surface area contributed by atoms with Gasteiger partial charge in [0.25, 0.3) is 0 Å². The van der Waals surface area contributed by atoms with Gasteiger partial charge >= 0.3 is 0 Å². The van der Waals surface area contributed by atoms with Crippen LogP contribution in [0.3, 0.4) is 0 Å². The van der Waals surface area contributed by atoms with Gasteiger partial charge in [0.1, 0.15) is 35.7 Å². The van der Waals surface area contributed by atoms with Gasteiger partial charge in [-0.2, -0.15) is 0 Å². The molecule has 3 N–H and O–H groups in total. The maximum Gasteiger partial charge on any atom is 0.194 e. The first kappa shape index (κ1) is 72.9. The van der Waals surface area contributed by atoms with Crippen LogP contribution in [0, 0.1) is 0 Å². The molecule has 4 fully saturated rings. The topological polar surface area (TPSA) is 211 Å². The van der Waals surface area contributed by atoms with Crippen molar-refractivity contribution in [2.75, 3.05) is 67.8 Å². The van der Waals surface area contributed by atoms with Crippen LogP contribution in [0.4, 0.5) is 0 Å². The van der Waals surface area contributed by atoms with Gasteiger partial charge in [0.15, 0.2) is 70.4 Å². The Hall–Kier alpha value is -6.32. The van der Waals surface area contributed by atoms with Crippen LogP contribution >= 0.6 is 27.7 Å². The van der Waals surface area contributed by atoms with E-state index in [2.05, 4.69) is 54.1 Å². The second kappa shape index (κ2) is 29.7. The fourth-order valence-corrected chi connectivity index (χ4v) is 18.2. The number of aliphatic hydroxyl groups is 3. The normalized spacial score (nSPS) is 28.9. The Morgan fingerprint density at radius 2 is 1.06 bits per heavy atom. The lowest BCUT2D eigenvalue weighted by molar-refractivity contribution is -0.903. The molecule has 2 saturated carbocycles. The summed E-state index contributed by atoms with van der Waals surface area (Å²) in [6, 6.07) is 29.9. The van der Waals surface area contributed by atoms with Gasteiger partial charge in [-0.25, -0.2) is 0 Å². The lowest BCUT2D eigenvalue weighted by Crippen LogP contribution is -2.79. The molecule has 0 aromatic heterocycles. The number of rotatable bonds is 20. The first-order valence-electron chi connectivity index (χ1n) is 34.8. The van der Waals surface area contributed by atoms with Crippen LogP contribution < -0.4 is 34.9 Å². The number of carbonyl (C=O) groups is 5. The average molecular weight is 1400 g/mol. The van der Waals surface area contributed by atoms with Crippen LogP contribution in [0.1, 0.15) is 158 Å². The van der Waals surface area contributed by atoms with E-state index in [9.17, 15) is 39.3 Å². The zero-order valence-electron chi connectivity index (χ0n) is 57.9. The summed E-state index contributed by atoms with van der Waals surface area (Å²) in [5, 5.41) is 38.2. The number of hydrogen-bond acceptors (Lipinski definition) is 15. The number of nitrogens with zero attached hydrogens (tertiary/aromatic N) is 2. The third-order valence-electron chi connectivity index (χ3n) is 22.3. The number of benzene rings is 5. The number of ketones is 5. The molecule has 4 aliphatic carbocycles. The predicted molar refractivity (Wildman–Crippen MR) is 387 cm³/mol. The standard InChI is InChI=1S/C34H43NO7P.C30H35NO6P.C12H13O2P.C2H6/c1-5-40-21(2)41-18-6-7-24(30(37)22-8-11-25(43)12-9-22)20-35(3)17-16-33-29-23-10-13-27(39-4)31(29)42-32(33)26(36)14-15-34(33,38)28(35)19-23;1-31(17-20(4-3-15-32)26(34)18-5-8-21(38)9-6-18)14-13-29-25-19-7-10-23(36-2)27(25)37-28(29)22(33)11-12-30(29,35)24(31)16-19;13-12(10-2-1-7-14-8-10)9-3-5-11(15)6-4-9;1-2/h8-13,20-21,28,32,38H,5-7,14-19,43H2,1-4H3;5-10,17,24,28,32,35H,3-4,11-16,38H2,1-2H3;3-6,8H,1-2,7,15H2;1-2H3/q2*+1;;/b24-20+;20-17+;;/t21?,28-,32+,33+,34-,35+;24-,28+,29+,30-,31+;;/m00../s1. The molecule has 522 valence electrons. The molecule has 4 unspecified atom stereocenters. The monoisotopic (exact) mass is 1390 g/mol. The number of aliphatic hydroxyl groups excluding tert-OH is 1. The molecule has 98 heavy (non-hydrogen) atoms. The van der Waals surface area contributed by atoms with Crippen LogP contribution in [0.5, 0.6) is 23.0 Å². The smallest absolute Gasteiger partial charge is 0.194 e. The largest absolute Gasteiger partial charge is 0.501 e. The number of likely N-dealkylation sites (N-methyl/N-ethyl adjacent to an activating group) is 2. The first-order valence-corrected chi connectivity index (χ1v) is 36.5. The molecule has 5 heterocycles. The predicted octanol–water partition coefficient (Wildman–Crippen LogP) is 9.70. The Morgan fingerprint density at radius 3 is 1.47 bits per heavy atom. The zero-order chi connectivity index (χ0) is 70.1. The van der Waals surface area contributed by atoms with Gasteiger partial charge < -0.3 is 48.5 Å². The minimum Gasteiger partial charge on any atom is -0.501 e. The number of ether oxygens (including phenoxy) is 7. The number of methoxy groups -OCH3 is 2. The highest BCUT2D eigenvalue weighted by Crippen LogP contribution is 2.68. The van der Waals surface area contributed by atoms with Gasteiger partial charge in [-0.1, -0.05) is 98.8 Å². The lowest BCUT2D eigenvalue weighted by atomic mass is 9.48. The van der Waals surface area contributed by atoms with E-state index >= 15 is 0 Å². The summed E-state index contributed by atoms with van der Waals surface area (Å²) in [5.74, 6) is 2.49. The Morgan fingerprint density at radius 1 is 0.622 bits per heavy atom. The highest BCUT2D eigenvalue weighted by Gasteiger charge is 2.78. The van der Waals surface area contributed by atoms with Gasteiger partial charge in [0, 0.05) is 85.1 Å². The minimum absolute atomic E-state index is 0.00549. The molecule has 9 aliphatic rings. The highest BCUT2D eigenvalue weighted by atomic mass is 31.0. The molecule has 5 aromatic rings. The van der Waals surface area contributed by atoms with E-state index < -0.39 is 34.2 Å². The van der Waals surface area contributed by atoms with E-state index in [1.807, 2.05) is 125 Å². The van der Waals surface area contributed by atoms with Crippen LogP contribution in [0.15, 0.2) is 132 Å². The van der Waals surface area contributed by atoms with E-state index in [1.54, 1.807) is 20.5 Å². The number of piperidine rings is 2. The summed E-state index contributed by atoms with van der Waals surface area (Å²) < 4.78 is 41.2. The van der Waals surface area contributed by atoms with Crippen molar-refractivity contribution in [2.24, 2.45) is 0 Å². The summed E-state index contributed by atoms with van der Waals surface area (Å²) in [4.78, 5) is 66.2. The molecule has 20 heteroatoms. The molecule has 14 atom stereocenters. The number of likely N-dealkylation sites (tertiary alicyclic amines) is 2. The van der Waals surface area contributed by atoms with Crippen molar-refractivity contribution in [3.05, 3.63) is 171 Å². The molecular formula is C78H97N2O15P3+2. The van der Waals surface area contributed by atoms with E-state index in [4.69, 9.17) is 33.2 Å². The van der Waals surface area contributed by atoms with E-state index in [-0.39, 0.29) is 66.7 Å². The van der Waals surface area contributed by atoms with Crippen molar-refractivity contribution < 1.29 is 81.4 Å². The van der Waals surface area contributed by atoms with E-state index in [0.717, 1.165) is 68.8 Å². The lowest BCUT2D eigenvalue weighted by Gasteiger charge is -2.63. The second-order valence-corrected chi connectivity index (χ2v) is 29.7. The summed E-state index contributed by atoms with van der Waals surface area (Å²) in [7, 11) is 15.3. The summed E-state index contributed by atoms with van der Waals surface area (Å²) >= 11 is 0. The van der Waals surface area contributed by atoms with Crippen molar-refractivity contribution in [1.82, 2.24) is 0 Å². The summed E-state index contributed by atoms with van der Waals surface area (Å²) in [6.07, 6.45) is 11.4. The number of Topliss-reactive ketones (excluding diaryl/α,β-unsaturated/α-hetero) is 5. The molecule has 0 radical (unpaired) electrons. The van der Waals surface area contributed by atoms with Crippen molar-refractivity contribution in [1.29, 1.82) is 0 Å². The highest BCUT2D eigenvalue weighted by molar-refractivity contribution is 7.27. The quantitative estimate of drug-likeness (QED) is 0.0165. The zero-order valence-corrected chi connectivity index (χ0v) is 61.3. The van der Waals surface area contributed by atoms with Gasteiger partial charge in [0.2, 0.25) is 0 Å². The number of quaternary nitrogens is 2. The van der Waals surface area contributed by atoms with E-state index in [1.165, 1.54) is 0 Å². The molecule has 14 rings (SSSR count). The number of hydrogen-bond donors (Lipinski definition) is 3. The third kappa shape index (κ3) is 12.9. The second-order valence-electron chi connectivity index (χ2n) is 27.7. The van der Waals surface area contributed by atoms with Gasteiger partial charge in [0.05, 0.1) is 82.9 Å². The fraction of sp³-hybridized carbons (Fsp3) is 0.474. The maximum atomic E-state index is 14.0. The maximum absolute atomic E-state index is 14.0. The van der Waals surface area contributed by atoms with Crippen molar-refractivity contribution in [3.8, 4) is 23.0 Å². The Kier molecular flexibility index (Phi) is 22.1. The van der Waals surface area contributed by atoms with Crippen LogP contribution in [0.2, 0.25) is 0 Å². The number of carbonyl (C=O) groups excluding carboxylic acids is 5. The molecule has 5 aromatic carbocycles. The summed E-state index contributed by atoms with van der Waals surface area (Å²) in [5.41, 5.74) is 4.17. The van der Waals surface area contributed by atoms with Crippen LogP contribution in [-0.2, 0) is 47.5 Å². The van der Waals surface area contributed by atoms with Crippen molar-refractivity contribution in [3.63, 3.8) is 0 Å². The average Bonchev–Trinajstić information content (AvgIpc) is 1.39. The molecule has 0 amide bonds. The van der Waals surface area contributed by atoms with Gasteiger partial charge in [-0.15, -0.1) is 27.7 Å². The summed E-state index contributed by atoms with van der Waals surface area (Å²) in [6.45, 7) is 10.9. The Labute approximate surface area is 583 Å². The van der Waals surface area contributed by atoms with Crippen LogP contribution in [0.25, 0.3) is 0 Å². The molecule has 5 aliphatic heterocycles. The van der Waals surface area contributed by atoms with E-state index in [0.29, 0.717) is 145 Å².